The standard InChI is InChI=1S/C26H28N6O/c1-16-25-18(14-22-20(25)15-23(31-30-22)19-4-2-3-5-24(19)33)9-13-32(16)26-28-12-8-21(29-26)17-6-10-27-11-7-17/h2-5,8,12,15-17,27,33H,6-7,9-11,13-14H2,1H3/t16-/m1/s1. The molecule has 1 fully saturated rings. The Morgan fingerprint density at radius 1 is 1.06 bits per heavy atom. The van der Waals surface area contributed by atoms with Gasteiger partial charge < -0.3 is 15.3 Å². The van der Waals surface area contributed by atoms with E-state index in [2.05, 4.69) is 44.5 Å². The van der Waals surface area contributed by atoms with Gasteiger partial charge in [-0.05, 0) is 69.1 Å². The maximum absolute atomic E-state index is 10.3. The Morgan fingerprint density at radius 2 is 1.91 bits per heavy atom. The van der Waals surface area contributed by atoms with E-state index in [9.17, 15) is 5.11 Å². The highest BCUT2D eigenvalue weighted by atomic mass is 16.3. The number of nitrogens with zero attached hydrogens (tertiary/aromatic N) is 5. The van der Waals surface area contributed by atoms with Crippen molar-refractivity contribution in [2.45, 2.75) is 44.6 Å². The van der Waals surface area contributed by atoms with Crippen LogP contribution in [0.3, 0.4) is 0 Å². The molecule has 33 heavy (non-hydrogen) atoms. The maximum atomic E-state index is 10.3. The average molecular weight is 441 g/mol. The first-order valence-electron chi connectivity index (χ1n) is 11.9. The molecule has 0 unspecified atom stereocenters. The first-order valence-corrected chi connectivity index (χ1v) is 11.9. The van der Waals surface area contributed by atoms with Gasteiger partial charge >= 0.3 is 0 Å². The molecule has 7 heteroatoms. The van der Waals surface area contributed by atoms with Gasteiger partial charge in [0.05, 0.1) is 17.4 Å². The summed E-state index contributed by atoms with van der Waals surface area (Å²) in [4.78, 5) is 12.0. The summed E-state index contributed by atoms with van der Waals surface area (Å²) in [5, 5.41) is 22.7. The number of fused-ring (bicyclic) bond motifs is 2. The minimum atomic E-state index is 0.152. The highest BCUT2D eigenvalue weighted by Gasteiger charge is 2.35. The summed E-state index contributed by atoms with van der Waals surface area (Å²) >= 11 is 0. The number of hydrogen-bond acceptors (Lipinski definition) is 7. The lowest BCUT2D eigenvalue weighted by Gasteiger charge is -2.35. The molecule has 1 aliphatic carbocycles. The molecule has 0 amide bonds. The Hall–Kier alpha value is -3.32. The fraction of sp³-hybridized carbons (Fsp3) is 0.385. The summed E-state index contributed by atoms with van der Waals surface area (Å²) < 4.78 is 0. The van der Waals surface area contributed by atoms with Crippen LogP contribution in [-0.4, -0.2) is 50.9 Å². The third-order valence-corrected chi connectivity index (χ3v) is 7.32. The number of hydrogen-bond donors (Lipinski definition) is 2. The molecule has 4 heterocycles. The van der Waals surface area contributed by atoms with Gasteiger partial charge in [0, 0.05) is 41.9 Å². The maximum Gasteiger partial charge on any atom is 0.226 e. The van der Waals surface area contributed by atoms with Gasteiger partial charge in [0.2, 0.25) is 5.95 Å². The molecule has 0 bridgehead atoms. The summed E-state index contributed by atoms with van der Waals surface area (Å²) in [7, 11) is 0. The number of rotatable bonds is 3. The predicted molar refractivity (Wildman–Crippen MR) is 128 cm³/mol. The Kier molecular flexibility index (Phi) is 5.06. The molecule has 1 saturated heterocycles. The predicted octanol–water partition coefficient (Wildman–Crippen LogP) is 3.71. The van der Waals surface area contributed by atoms with E-state index in [0.29, 0.717) is 17.2 Å². The number of benzene rings is 1. The molecule has 1 atom stereocenters. The quantitative estimate of drug-likeness (QED) is 0.642. The first kappa shape index (κ1) is 20.3. The molecule has 168 valence electrons. The van der Waals surface area contributed by atoms with E-state index in [1.165, 1.54) is 11.1 Å². The molecular formula is C26H28N6O. The van der Waals surface area contributed by atoms with Gasteiger partial charge in [-0.1, -0.05) is 17.7 Å². The minimum Gasteiger partial charge on any atom is -0.507 e. The van der Waals surface area contributed by atoms with Crippen molar-refractivity contribution in [2.75, 3.05) is 24.5 Å². The van der Waals surface area contributed by atoms with Crippen LogP contribution < -0.4 is 10.2 Å². The Bertz CT molecular complexity index is 1230. The normalized spacial score (nSPS) is 20.6. The molecular weight excluding hydrogens is 412 g/mol. The van der Waals surface area contributed by atoms with Gasteiger partial charge in [-0.3, -0.25) is 0 Å². The molecule has 0 saturated carbocycles. The second-order valence-electron chi connectivity index (χ2n) is 9.23. The van der Waals surface area contributed by atoms with Crippen molar-refractivity contribution in [3.63, 3.8) is 0 Å². The molecule has 3 aliphatic rings. The van der Waals surface area contributed by atoms with Crippen LogP contribution in [0, 0.1) is 0 Å². The van der Waals surface area contributed by atoms with E-state index in [-0.39, 0.29) is 11.8 Å². The van der Waals surface area contributed by atoms with Crippen LogP contribution in [0.25, 0.3) is 16.8 Å². The van der Waals surface area contributed by atoms with Crippen molar-refractivity contribution in [3.05, 3.63) is 65.1 Å². The smallest absolute Gasteiger partial charge is 0.226 e. The molecule has 0 spiro atoms. The number of anilines is 1. The number of nitrogens with one attached hydrogen (secondary N) is 1. The third kappa shape index (κ3) is 3.56. The van der Waals surface area contributed by atoms with E-state index in [1.54, 1.807) is 6.07 Å². The number of phenols is 1. The Labute approximate surface area is 193 Å². The van der Waals surface area contributed by atoms with Gasteiger partial charge in [-0.25, -0.2) is 9.97 Å². The average Bonchev–Trinajstić information content (AvgIpc) is 3.24. The third-order valence-electron chi connectivity index (χ3n) is 7.32. The van der Waals surface area contributed by atoms with Crippen molar-refractivity contribution in [3.8, 4) is 17.0 Å². The lowest BCUT2D eigenvalue weighted by atomic mass is 9.92. The highest BCUT2D eigenvalue weighted by Crippen LogP contribution is 2.42. The summed E-state index contributed by atoms with van der Waals surface area (Å²) in [6.45, 7) is 5.25. The number of aromatic nitrogens is 4. The second kappa shape index (κ2) is 8.23. The molecule has 2 aromatic heterocycles. The molecule has 7 nitrogen and oxygen atoms in total. The van der Waals surface area contributed by atoms with Gasteiger partial charge in [-0.15, -0.1) is 0 Å². The van der Waals surface area contributed by atoms with Crippen molar-refractivity contribution < 1.29 is 5.11 Å². The van der Waals surface area contributed by atoms with E-state index in [0.717, 1.165) is 68.2 Å². The molecule has 6 rings (SSSR count). The van der Waals surface area contributed by atoms with E-state index in [1.807, 2.05) is 24.4 Å². The van der Waals surface area contributed by atoms with Crippen molar-refractivity contribution in [2.24, 2.45) is 0 Å². The van der Waals surface area contributed by atoms with Gasteiger partial charge in [0.25, 0.3) is 0 Å². The Morgan fingerprint density at radius 3 is 2.76 bits per heavy atom. The monoisotopic (exact) mass is 440 g/mol. The lowest BCUT2D eigenvalue weighted by Crippen LogP contribution is -2.39. The topological polar surface area (TPSA) is 87.1 Å². The fourth-order valence-electron chi connectivity index (χ4n) is 5.56. The van der Waals surface area contributed by atoms with Crippen molar-refractivity contribution in [1.82, 2.24) is 25.5 Å². The van der Waals surface area contributed by atoms with Crippen LogP contribution in [0.2, 0.25) is 0 Å². The summed E-state index contributed by atoms with van der Waals surface area (Å²) in [6, 6.07) is 11.6. The second-order valence-corrected chi connectivity index (χ2v) is 9.23. The largest absolute Gasteiger partial charge is 0.507 e. The van der Waals surface area contributed by atoms with Gasteiger partial charge in [0.15, 0.2) is 0 Å². The van der Waals surface area contributed by atoms with Crippen LogP contribution in [0.4, 0.5) is 5.95 Å². The fourth-order valence-corrected chi connectivity index (χ4v) is 5.56. The van der Waals surface area contributed by atoms with Crippen LogP contribution >= 0.6 is 0 Å². The SMILES string of the molecule is C[C@@H]1C2=C(CCN1c1nccc(C3CCNCC3)n1)Cc1nnc(-c3ccccc3O)cc12. The van der Waals surface area contributed by atoms with Gasteiger partial charge in [-0.2, -0.15) is 10.2 Å². The van der Waals surface area contributed by atoms with Crippen molar-refractivity contribution >= 4 is 11.5 Å². The zero-order valence-corrected chi connectivity index (χ0v) is 18.8. The number of phenolic OH excluding ortho intramolecular Hbond substituents is 1. The lowest BCUT2D eigenvalue weighted by molar-refractivity contribution is 0.452. The first-order chi connectivity index (χ1) is 16.2. The van der Waals surface area contributed by atoms with E-state index < -0.39 is 0 Å². The molecule has 0 radical (unpaired) electrons. The minimum absolute atomic E-state index is 0.152. The number of para-hydroxylation sites is 1. The van der Waals surface area contributed by atoms with Crippen LogP contribution in [-0.2, 0) is 6.42 Å². The molecule has 2 aliphatic heterocycles. The van der Waals surface area contributed by atoms with E-state index >= 15 is 0 Å². The summed E-state index contributed by atoms with van der Waals surface area (Å²) in [5.74, 6) is 1.55. The van der Waals surface area contributed by atoms with Crippen LogP contribution in [0.1, 0.15) is 49.1 Å². The zero-order chi connectivity index (χ0) is 22.4. The van der Waals surface area contributed by atoms with E-state index in [4.69, 9.17) is 4.98 Å². The van der Waals surface area contributed by atoms with Crippen LogP contribution in [0.5, 0.6) is 5.75 Å². The molecule has 3 aromatic rings. The summed E-state index contributed by atoms with van der Waals surface area (Å²) in [5.41, 5.74) is 7.50. The molecule has 2 N–H and O–H groups in total. The zero-order valence-electron chi connectivity index (χ0n) is 18.8. The van der Waals surface area contributed by atoms with Gasteiger partial charge in [0.1, 0.15) is 5.75 Å². The van der Waals surface area contributed by atoms with Crippen LogP contribution in [0.15, 0.2) is 48.2 Å². The number of piperidine rings is 1. The number of aromatic hydroxyl groups is 1. The highest BCUT2D eigenvalue weighted by molar-refractivity contribution is 5.83. The summed E-state index contributed by atoms with van der Waals surface area (Å²) in [6.07, 6.45) is 6.00. The van der Waals surface area contributed by atoms with Crippen molar-refractivity contribution in [1.29, 1.82) is 0 Å². The Balaban J connectivity index is 1.33. The molecule has 1 aromatic carbocycles.